The molecule has 2 heterocycles. The van der Waals surface area contributed by atoms with Crippen molar-refractivity contribution in [2.75, 3.05) is 33.9 Å². The summed E-state index contributed by atoms with van der Waals surface area (Å²) in [5, 5.41) is 13.2. The first-order valence-corrected chi connectivity index (χ1v) is 11.8. The first-order valence-electron chi connectivity index (χ1n) is 11.8. The molecule has 0 N–H and O–H groups in total. The van der Waals surface area contributed by atoms with Crippen molar-refractivity contribution in [3.05, 3.63) is 59.9 Å². The van der Waals surface area contributed by atoms with Gasteiger partial charge in [0.05, 0.1) is 26.3 Å². The number of tetrazole rings is 1. The van der Waals surface area contributed by atoms with E-state index in [0.717, 1.165) is 43.1 Å². The Bertz CT molecular complexity index is 1060. The summed E-state index contributed by atoms with van der Waals surface area (Å²) < 4.78 is 19.2. The highest BCUT2D eigenvalue weighted by Gasteiger charge is 2.36. The average Bonchev–Trinajstić information content (AvgIpc) is 3.52. The number of aromatic nitrogens is 4. The lowest BCUT2D eigenvalue weighted by atomic mass is 9.87. The lowest BCUT2D eigenvalue weighted by Gasteiger charge is -2.34. The van der Waals surface area contributed by atoms with Crippen LogP contribution in [0.3, 0.4) is 0 Å². The molecular weight excluding hydrogens is 430 g/mol. The molecule has 2 atom stereocenters. The maximum absolute atomic E-state index is 6.18. The van der Waals surface area contributed by atoms with Crippen LogP contribution in [0.5, 0.6) is 17.2 Å². The molecule has 8 nitrogen and oxygen atoms in total. The van der Waals surface area contributed by atoms with Gasteiger partial charge in [0.25, 0.3) is 0 Å². The zero-order chi connectivity index (χ0) is 24.1. The van der Waals surface area contributed by atoms with Gasteiger partial charge in [-0.2, -0.15) is 0 Å². The number of hydrogen-bond acceptors (Lipinski definition) is 7. The molecule has 8 heteroatoms. The van der Waals surface area contributed by atoms with E-state index >= 15 is 0 Å². The van der Waals surface area contributed by atoms with E-state index in [0.29, 0.717) is 18.1 Å². The second kappa shape index (κ2) is 10.4. The highest BCUT2D eigenvalue weighted by molar-refractivity contribution is 5.45. The third-order valence-electron chi connectivity index (χ3n) is 6.44. The van der Waals surface area contributed by atoms with Crippen molar-refractivity contribution >= 4 is 0 Å². The lowest BCUT2D eigenvalue weighted by molar-refractivity contribution is 0.129. The molecule has 1 aliphatic rings. The van der Waals surface area contributed by atoms with Gasteiger partial charge < -0.3 is 14.2 Å². The van der Waals surface area contributed by atoms with Gasteiger partial charge in [0, 0.05) is 0 Å². The number of ether oxygens (including phenoxy) is 3. The van der Waals surface area contributed by atoms with Crippen LogP contribution in [-0.2, 0) is 0 Å². The number of hydrogen-bond donors (Lipinski definition) is 0. The zero-order valence-corrected chi connectivity index (χ0v) is 20.8. The van der Waals surface area contributed by atoms with E-state index in [-0.39, 0.29) is 17.5 Å². The zero-order valence-electron chi connectivity index (χ0n) is 20.8. The number of rotatable bonds is 9. The first-order chi connectivity index (χ1) is 16.4. The maximum Gasteiger partial charge on any atom is 0.173 e. The van der Waals surface area contributed by atoms with Crippen molar-refractivity contribution in [2.45, 2.75) is 45.7 Å². The normalized spacial score (nSPS) is 16.3. The van der Waals surface area contributed by atoms with Crippen LogP contribution in [-0.4, -0.2) is 59.0 Å². The lowest BCUT2D eigenvalue weighted by Crippen LogP contribution is -2.35. The number of methoxy groups -OCH3 is 2. The van der Waals surface area contributed by atoms with E-state index in [2.05, 4.69) is 47.3 Å². The van der Waals surface area contributed by atoms with Crippen LogP contribution >= 0.6 is 0 Å². The monoisotopic (exact) mass is 465 g/mol. The molecule has 1 aliphatic heterocycles. The summed E-state index contributed by atoms with van der Waals surface area (Å²) >= 11 is 0. The summed E-state index contributed by atoms with van der Waals surface area (Å²) in [7, 11) is 3.31. The van der Waals surface area contributed by atoms with Gasteiger partial charge >= 0.3 is 0 Å². The Kier molecular flexibility index (Phi) is 7.36. The minimum atomic E-state index is -0.133. The van der Waals surface area contributed by atoms with Gasteiger partial charge in [-0.15, -0.1) is 5.10 Å². The second-order valence-corrected chi connectivity index (χ2v) is 9.75. The Hall–Kier alpha value is -3.13. The molecule has 34 heavy (non-hydrogen) atoms. The maximum atomic E-state index is 6.18. The van der Waals surface area contributed by atoms with Gasteiger partial charge in [0.15, 0.2) is 17.3 Å². The van der Waals surface area contributed by atoms with Crippen molar-refractivity contribution < 1.29 is 14.2 Å². The van der Waals surface area contributed by atoms with Crippen LogP contribution < -0.4 is 14.2 Å². The van der Waals surface area contributed by atoms with E-state index in [4.69, 9.17) is 14.2 Å². The number of nitrogens with zero attached hydrogens (tertiary/aromatic N) is 5. The minimum absolute atomic E-state index is 0.0667. The van der Waals surface area contributed by atoms with Crippen LogP contribution in [0.1, 0.15) is 57.1 Å². The molecule has 0 bridgehead atoms. The van der Waals surface area contributed by atoms with Crippen molar-refractivity contribution in [2.24, 2.45) is 5.41 Å². The number of likely N-dealkylation sites (tertiary alicyclic amines) is 1. The topological polar surface area (TPSA) is 74.5 Å². The summed E-state index contributed by atoms with van der Waals surface area (Å²) in [5.74, 6) is 3.05. The quantitative estimate of drug-likeness (QED) is 0.459. The second-order valence-electron chi connectivity index (χ2n) is 9.75. The molecule has 1 saturated heterocycles. The van der Waals surface area contributed by atoms with E-state index in [1.54, 1.807) is 14.2 Å². The molecule has 1 fully saturated rings. The van der Waals surface area contributed by atoms with Crippen LogP contribution in [0.2, 0.25) is 0 Å². The van der Waals surface area contributed by atoms with Gasteiger partial charge in [-0.25, -0.2) is 4.68 Å². The van der Waals surface area contributed by atoms with E-state index in [9.17, 15) is 0 Å². The third-order valence-corrected chi connectivity index (χ3v) is 6.44. The van der Waals surface area contributed by atoms with E-state index in [1.807, 2.05) is 47.1 Å². The molecule has 0 aliphatic carbocycles. The van der Waals surface area contributed by atoms with Crippen molar-refractivity contribution in [3.8, 4) is 17.2 Å². The average molecular weight is 466 g/mol. The molecule has 182 valence electrons. The first kappa shape index (κ1) is 24.0. The molecule has 0 amide bonds. The Morgan fingerprint density at radius 1 is 0.941 bits per heavy atom. The molecule has 2 aromatic carbocycles. The van der Waals surface area contributed by atoms with Crippen LogP contribution in [0.15, 0.2) is 48.5 Å². The molecule has 0 radical (unpaired) electrons. The predicted octanol–water partition coefficient (Wildman–Crippen LogP) is 4.54. The van der Waals surface area contributed by atoms with Crippen molar-refractivity contribution in [1.29, 1.82) is 0 Å². The Morgan fingerprint density at radius 2 is 1.65 bits per heavy atom. The van der Waals surface area contributed by atoms with Crippen LogP contribution in [0, 0.1) is 5.41 Å². The fourth-order valence-corrected chi connectivity index (χ4v) is 4.53. The number of benzene rings is 2. The molecule has 0 saturated carbocycles. The SMILES string of the molecule is COc1ccc(C(c2nnnn2C(COc2ccccc2)C(C)(C)C)N2CCCC2)cc1OC. The fourth-order valence-electron chi connectivity index (χ4n) is 4.53. The molecule has 3 aromatic rings. The Labute approximate surface area is 201 Å². The molecule has 4 rings (SSSR count). The van der Waals surface area contributed by atoms with Crippen molar-refractivity contribution in [1.82, 2.24) is 25.1 Å². The van der Waals surface area contributed by atoms with Gasteiger partial charge in [-0.3, -0.25) is 4.90 Å². The number of para-hydroxylation sites is 1. The van der Waals surface area contributed by atoms with Crippen LogP contribution in [0.4, 0.5) is 0 Å². The summed E-state index contributed by atoms with van der Waals surface area (Å²) in [5.41, 5.74) is 0.943. The Morgan fingerprint density at radius 3 is 2.29 bits per heavy atom. The third kappa shape index (κ3) is 5.17. The van der Waals surface area contributed by atoms with Crippen LogP contribution in [0.25, 0.3) is 0 Å². The van der Waals surface area contributed by atoms with Gasteiger partial charge in [-0.1, -0.05) is 45.0 Å². The smallest absolute Gasteiger partial charge is 0.173 e. The standard InChI is InChI=1S/C26H35N5O3/c1-26(2,3)23(18-34-20-11-7-6-8-12-20)31-25(27-28-29-31)24(30-15-9-10-16-30)19-13-14-21(32-4)22(17-19)33-5/h6-8,11-14,17,23-24H,9-10,15-16,18H2,1-5H3. The molecular formula is C26H35N5O3. The van der Waals surface area contributed by atoms with E-state index < -0.39 is 0 Å². The van der Waals surface area contributed by atoms with Gasteiger partial charge in [0.2, 0.25) is 0 Å². The summed E-state index contributed by atoms with van der Waals surface area (Å²) in [6.45, 7) is 9.03. The van der Waals surface area contributed by atoms with Crippen molar-refractivity contribution in [3.63, 3.8) is 0 Å². The summed E-state index contributed by atoms with van der Waals surface area (Å²) in [6, 6.07) is 15.8. The highest BCUT2D eigenvalue weighted by atomic mass is 16.5. The molecule has 1 aromatic heterocycles. The minimum Gasteiger partial charge on any atom is -0.493 e. The Balaban J connectivity index is 1.73. The summed E-state index contributed by atoms with van der Waals surface area (Å²) in [4.78, 5) is 2.45. The fraction of sp³-hybridized carbons (Fsp3) is 0.500. The predicted molar refractivity (Wildman–Crippen MR) is 130 cm³/mol. The van der Waals surface area contributed by atoms with Gasteiger partial charge in [-0.05, 0) is 71.6 Å². The molecule has 0 spiro atoms. The van der Waals surface area contributed by atoms with E-state index in [1.165, 1.54) is 0 Å². The largest absolute Gasteiger partial charge is 0.493 e. The highest BCUT2D eigenvalue weighted by Crippen LogP contribution is 2.38. The molecule has 2 unspecified atom stereocenters. The van der Waals surface area contributed by atoms with Gasteiger partial charge in [0.1, 0.15) is 12.4 Å². The summed E-state index contributed by atoms with van der Waals surface area (Å²) in [6.07, 6.45) is 2.32.